The largest absolute Gasteiger partial charge is 0.480 e. The number of unbranched alkanes of at least 4 members (excludes halogenated alkanes) is 1. The number of nitrogens with zero attached hydrogens (tertiary/aromatic N) is 1. The summed E-state index contributed by atoms with van der Waals surface area (Å²) < 4.78 is 0. The van der Waals surface area contributed by atoms with Gasteiger partial charge in [-0.1, -0.05) is 19.8 Å². The minimum atomic E-state index is -1.06. The Hall–Kier alpha value is -2.64. The summed E-state index contributed by atoms with van der Waals surface area (Å²) in [6.45, 7) is 1.94. The Kier molecular flexibility index (Phi) is 5.73. The van der Waals surface area contributed by atoms with Gasteiger partial charge in [0.25, 0.3) is 11.6 Å². The van der Waals surface area contributed by atoms with E-state index < -0.39 is 16.9 Å². The van der Waals surface area contributed by atoms with E-state index in [1.807, 2.05) is 6.92 Å². The number of aliphatic carboxylic acids is 1. The van der Waals surface area contributed by atoms with Crippen molar-refractivity contribution in [2.24, 2.45) is 0 Å². The minimum Gasteiger partial charge on any atom is -0.480 e. The lowest BCUT2D eigenvalue weighted by Crippen LogP contribution is -2.29. The number of nitrogens with one attached hydrogen (secondary N) is 2. The van der Waals surface area contributed by atoms with E-state index in [1.165, 1.54) is 18.2 Å². The molecule has 130 valence electrons. The first kappa shape index (κ1) is 17.7. The highest BCUT2D eigenvalue weighted by atomic mass is 16.6. The van der Waals surface area contributed by atoms with Crippen LogP contribution in [-0.4, -0.2) is 34.0 Å². The van der Waals surface area contributed by atoms with E-state index in [1.54, 1.807) is 0 Å². The molecule has 0 unspecified atom stereocenters. The van der Waals surface area contributed by atoms with E-state index in [0.717, 1.165) is 19.3 Å². The molecule has 0 bridgehead atoms. The second-order valence-electron chi connectivity index (χ2n) is 5.91. The average molecular weight is 335 g/mol. The van der Waals surface area contributed by atoms with E-state index in [9.17, 15) is 24.8 Å². The number of amides is 1. The summed E-state index contributed by atoms with van der Waals surface area (Å²) in [6, 6.07) is 3.28. The second kappa shape index (κ2) is 7.76. The molecule has 8 nitrogen and oxygen atoms in total. The Morgan fingerprint density at radius 3 is 2.67 bits per heavy atom. The van der Waals surface area contributed by atoms with Crippen molar-refractivity contribution in [3.63, 3.8) is 0 Å². The Morgan fingerprint density at radius 1 is 1.42 bits per heavy atom. The van der Waals surface area contributed by atoms with Crippen molar-refractivity contribution in [1.29, 1.82) is 0 Å². The van der Waals surface area contributed by atoms with E-state index in [-0.39, 0.29) is 28.9 Å². The third-order valence-corrected chi connectivity index (χ3v) is 3.84. The number of carboxylic acids is 1. The topological polar surface area (TPSA) is 122 Å². The van der Waals surface area contributed by atoms with Crippen molar-refractivity contribution in [2.75, 3.05) is 5.32 Å². The monoisotopic (exact) mass is 335 g/mol. The minimum absolute atomic E-state index is 0.103. The van der Waals surface area contributed by atoms with Gasteiger partial charge >= 0.3 is 5.97 Å². The number of hydrogen-bond donors (Lipinski definition) is 3. The Bertz CT molecular complexity index is 643. The average Bonchev–Trinajstić information content (AvgIpc) is 3.34. The first-order chi connectivity index (χ1) is 11.4. The number of benzene rings is 1. The molecule has 1 aliphatic rings. The molecule has 1 fully saturated rings. The number of hydrogen-bond acceptors (Lipinski definition) is 5. The maximum atomic E-state index is 12.0. The van der Waals surface area contributed by atoms with Gasteiger partial charge in [-0.3, -0.25) is 14.9 Å². The van der Waals surface area contributed by atoms with Crippen molar-refractivity contribution in [1.82, 2.24) is 5.32 Å². The third-order valence-electron chi connectivity index (χ3n) is 3.84. The van der Waals surface area contributed by atoms with Gasteiger partial charge in [0, 0.05) is 17.7 Å². The van der Waals surface area contributed by atoms with Crippen molar-refractivity contribution >= 4 is 23.3 Å². The molecule has 2 rings (SSSR count). The van der Waals surface area contributed by atoms with Crippen LogP contribution in [0.1, 0.15) is 49.4 Å². The molecule has 3 N–H and O–H groups in total. The van der Waals surface area contributed by atoms with Gasteiger partial charge in [-0.25, -0.2) is 4.79 Å². The fourth-order valence-corrected chi connectivity index (χ4v) is 2.30. The standard InChI is InChI=1S/C16H21N3O5/c1-2-3-4-13(16(21)22)18-12-8-5-10(9-14(12)19(23)24)15(20)17-11-6-7-11/h5,8-9,11,13,18H,2-4,6-7H2,1H3,(H,17,20)(H,21,22)/t13-/m0/s1. The molecule has 1 aromatic carbocycles. The van der Waals surface area contributed by atoms with Gasteiger partial charge in [0.2, 0.25) is 0 Å². The van der Waals surface area contributed by atoms with Gasteiger partial charge in [0.05, 0.1) is 4.92 Å². The number of nitro benzene ring substituents is 1. The zero-order valence-electron chi connectivity index (χ0n) is 13.4. The maximum Gasteiger partial charge on any atom is 0.326 e. The van der Waals surface area contributed by atoms with Crippen molar-refractivity contribution in [3.8, 4) is 0 Å². The van der Waals surface area contributed by atoms with Crippen LogP contribution in [0.25, 0.3) is 0 Å². The summed E-state index contributed by atoms with van der Waals surface area (Å²) in [5, 5.41) is 26.0. The van der Waals surface area contributed by atoms with Crippen LogP contribution in [0.3, 0.4) is 0 Å². The Labute approximate surface area is 139 Å². The first-order valence-electron chi connectivity index (χ1n) is 8.01. The molecule has 1 aliphatic carbocycles. The highest BCUT2D eigenvalue weighted by Gasteiger charge is 2.26. The zero-order valence-corrected chi connectivity index (χ0v) is 13.4. The molecule has 0 radical (unpaired) electrons. The van der Waals surface area contributed by atoms with Crippen LogP contribution in [0.15, 0.2) is 18.2 Å². The van der Waals surface area contributed by atoms with Crippen LogP contribution in [0.4, 0.5) is 11.4 Å². The highest BCUT2D eigenvalue weighted by Crippen LogP contribution is 2.28. The van der Waals surface area contributed by atoms with Gasteiger partial charge < -0.3 is 15.7 Å². The van der Waals surface area contributed by atoms with Crippen LogP contribution < -0.4 is 10.6 Å². The highest BCUT2D eigenvalue weighted by molar-refractivity contribution is 5.96. The lowest BCUT2D eigenvalue weighted by molar-refractivity contribution is -0.384. The molecule has 0 aliphatic heterocycles. The van der Waals surface area contributed by atoms with Gasteiger partial charge in [0.15, 0.2) is 0 Å². The SMILES string of the molecule is CCCC[C@H](Nc1ccc(C(=O)NC2CC2)cc1[N+](=O)[O-])C(=O)O. The van der Waals surface area contributed by atoms with Crippen LogP contribution >= 0.6 is 0 Å². The smallest absolute Gasteiger partial charge is 0.326 e. The summed E-state index contributed by atoms with van der Waals surface area (Å²) in [7, 11) is 0. The Morgan fingerprint density at radius 2 is 2.12 bits per heavy atom. The molecule has 0 heterocycles. The van der Waals surface area contributed by atoms with Crippen molar-refractivity contribution in [3.05, 3.63) is 33.9 Å². The van der Waals surface area contributed by atoms with Crippen LogP contribution in [-0.2, 0) is 4.79 Å². The van der Waals surface area contributed by atoms with Crippen LogP contribution in [0.2, 0.25) is 0 Å². The van der Waals surface area contributed by atoms with Gasteiger partial charge in [-0.15, -0.1) is 0 Å². The van der Waals surface area contributed by atoms with E-state index in [2.05, 4.69) is 10.6 Å². The van der Waals surface area contributed by atoms with E-state index in [0.29, 0.717) is 12.8 Å². The summed E-state index contributed by atoms with van der Waals surface area (Å²) >= 11 is 0. The molecule has 0 saturated heterocycles. The molecule has 0 spiro atoms. The number of carboxylic acid groups (broad SMARTS) is 1. The fourth-order valence-electron chi connectivity index (χ4n) is 2.30. The van der Waals surface area contributed by atoms with E-state index >= 15 is 0 Å². The number of carbonyl (C=O) groups excluding carboxylic acids is 1. The molecule has 0 aromatic heterocycles. The van der Waals surface area contributed by atoms with Gasteiger partial charge in [0.1, 0.15) is 11.7 Å². The maximum absolute atomic E-state index is 12.0. The second-order valence-corrected chi connectivity index (χ2v) is 5.91. The van der Waals surface area contributed by atoms with Crippen LogP contribution in [0.5, 0.6) is 0 Å². The van der Waals surface area contributed by atoms with Gasteiger partial charge in [-0.2, -0.15) is 0 Å². The summed E-state index contributed by atoms with van der Waals surface area (Å²) in [6.07, 6.45) is 3.73. The molecule has 1 aromatic rings. The normalized spacial score (nSPS) is 14.7. The van der Waals surface area contributed by atoms with Crippen molar-refractivity contribution < 1.29 is 19.6 Å². The summed E-state index contributed by atoms with van der Waals surface area (Å²) in [4.78, 5) is 34.0. The molecule has 24 heavy (non-hydrogen) atoms. The van der Waals surface area contributed by atoms with Crippen molar-refractivity contribution in [2.45, 2.75) is 51.1 Å². The number of anilines is 1. The number of rotatable bonds is 9. The molecule has 8 heteroatoms. The Balaban J connectivity index is 2.20. The molecule has 1 saturated carbocycles. The molecule has 1 atom stereocenters. The van der Waals surface area contributed by atoms with Crippen LogP contribution in [0, 0.1) is 10.1 Å². The fraction of sp³-hybridized carbons (Fsp3) is 0.500. The van der Waals surface area contributed by atoms with E-state index in [4.69, 9.17) is 0 Å². The summed E-state index contributed by atoms with van der Waals surface area (Å²) in [5.74, 6) is -1.42. The zero-order chi connectivity index (χ0) is 17.7. The molecular weight excluding hydrogens is 314 g/mol. The third kappa shape index (κ3) is 4.68. The molecule has 1 amide bonds. The summed E-state index contributed by atoms with van der Waals surface area (Å²) in [5.41, 5.74) is -0.00717. The quantitative estimate of drug-likeness (QED) is 0.471. The predicted molar refractivity (Wildman–Crippen MR) is 88.2 cm³/mol. The lowest BCUT2D eigenvalue weighted by Gasteiger charge is -2.16. The van der Waals surface area contributed by atoms with Gasteiger partial charge in [-0.05, 0) is 31.4 Å². The first-order valence-corrected chi connectivity index (χ1v) is 8.01. The molecular formula is C16H21N3O5. The predicted octanol–water partition coefficient (Wildman–Crippen LogP) is 2.54. The number of carbonyl (C=O) groups is 2. The number of nitro groups is 1. The lowest BCUT2D eigenvalue weighted by atomic mass is 10.1.